The highest BCUT2D eigenvalue weighted by molar-refractivity contribution is 6.10. The lowest BCUT2D eigenvalue weighted by Gasteiger charge is -2.09. The van der Waals surface area contributed by atoms with Crippen molar-refractivity contribution in [2.24, 2.45) is 0 Å². The van der Waals surface area contributed by atoms with Gasteiger partial charge in [-0.15, -0.1) is 0 Å². The fraction of sp³-hybridized carbons (Fsp3) is 0.278. The van der Waals surface area contributed by atoms with Gasteiger partial charge in [0, 0.05) is 5.56 Å². The number of hydrogen-bond acceptors (Lipinski definition) is 2. The summed E-state index contributed by atoms with van der Waals surface area (Å²) in [5, 5.41) is 0. The maximum Gasteiger partial charge on any atom is 0.196 e. The standard InChI is InChI=1S/C18H20O2/c1-4-5-14-7-9-15(10-8-14)18(19)16-11-6-13(2)12-17(16)20-3/h6-12H,4-5H2,1-3H3. The second-order valence-electron chi connectivity index (χ2n) is 4.98. The van der Waals surface area contributed by atoms with Crippen molar-refractivity contribution in [3.8, 4) is 5.75 Å². The molecule has 0 atom stereocenters. The average Bonchev–Trinajstić information content (AvgIpc) is 2.47. The zero-order chi connectivity index (χ0) is 14.5. The number of carbonyl (C=O) groups excluding carboxylic acids is 1. The van der Waals surface area contributed by atoms with Crippen LogP contribution in [-0.2, 0) is 6.42 Å². The number of ether oxygens (including phenoxy) is 1. The molecule has 2 rings (SSSR count). The summed E-state index contributed by atoms with van der Waals surface area (Å²) >= 11 is 0. The minimum atomic E-state index is 0.00454. The van der Waals surface area contributed by atoms with Gasteiger partial charge in [0.1, 0.15) is 5.75 Å². The second-order valence-corrected chi connectivity index (χ2v) is 4.98. The molecule has 104 valence electrons. The highest BCUT2D eigenvalue weighted by atomic mass is 16.5. The second kappa shape index (κ2) is 6.38. The monoisotopic (exact) mass is 268 g/mol. The SMILES string of the molecule is CCCc1ccc(C(=O)c2ccc(C)cc2OC)cc1. The average molecular weight is 268 g/mol. The molecule has 0 N–H and O–H groups in total. The molecule has 0 aliphatic heterocycles. The van der Waals surface area contributed by atoms with E-state index in [-0.39, 0.29) is 5.78 Å². The normalized spacial score (nSPS) is 10.3. The van der Waals surface area contributed by atoms with E-state index in [1.165, 1.54) is 5.56 Å². The maximum absolute atomic E-state index is 12.5. The molecule has 0 amide bonds. The van der Waals surface area contributed by atoms with Gasteiger partial charge in [-0.2, -0.15) is 0 Å². The van der Waals surface area contributed by atoms with E-state index in [0.717, 1.165) is 18.4 Å². The van der Waals surface area contributed by atoms with Crippen LogP contribution in [0.5, 0.6) is 5.75 Å². The number of carbonyl (C=O) groups is 1. The first kappa shape index (κ1) is 14.3. The third-order valence-corrected chi connectivity index (χ3v) is 3.36. The van der Waals surface area contributed by atoms with Crippen LogP contribution in [0.4, 0.5) is 0 Å². The first-order valence-corrected chi connectivity index (χ1v) is 6.94. The molecule has 0 aromatic heterocycles. The largest absolute Gasteiger partial charge is 0.496 e. The summed E-state index contributed by atoms with van der Waals surface area (Å²) in [6.07, 6.45) is 2.15. The van der Waals surface area contributed by atoms with Gasteiger partial charge >= 0.3 is 0 Å². The first-order chi connectivity index (χ1) is 9.65. The summed E-state index contributed by atoms with van der Waals surface area (Å²) in [6, 6.07) is 13.5. The predicted molar refractivity (Wildman–Crippen MR) is 81.6 cm³/mol. The van der Waals surface area contributed by atoms with Gasteiger partial charge in [0.15, 0.2) is 5.78 Å². The molecule has 20 heavy (non-hydrogen) atoms. The molecule has 0 bridgehead atoms. The molecule has 2 aromatic rings. The molecule has 0 heterocycles. The maximum atomic E-state index is 12.5. The van der Waals surface area contributed by atoms with Crippen molar-refractivity contribution in [3.63, 3.8) is 0 Å². The molecule has 2 heteroatoms. The summed E-state index contributed by atoms with van der Waals surface area (Å²) in [5.41, 5.74) is 3.66. The fourth-order valence-corrected chi connectivity index (χ4v) is 2.25. The van der Waals surface area contributed by atoms with Crippen LogP contribution in [0.15, 0.2) is 42.5 Å². The highest BCUT2D eigenvalue weighted by Gasteiger charge is 2.14. The van der Waals surface area contributed by atoms with E-state index < -0.39 is 0 Å². The third kappa shape index (κ3) is 3.08. The van der Waals surface area contributed by atoms with Crippen molar-refractivity contribution < 1.29 is 9.53 Å². The van der Waals surface area contributed by atoms with E-state index in [4.69, 9.17) is 4.74 Å². The van der Waals surface area contributed by atoms with Crippen LogP contribution < -0.4 is 4.74 Å². The summed E-state index contributed by atoms with van der Waals surface area (Å²) in [6.45, 7) is 4.13. The summed E-state index contributed by atoms with van der Waals surface area (Å²) < 4.78 is 5.31. The Morgan fingerprint density at radius 1 is 1.10 bits per heavy atom. The summed E-state index contributed by atoms with van der Waals surface area (Å²) in [7, 11) is 1.59. The Balaban J connectivity index is 2.31. The quantitative estimate of drug-likeness (QED) is 0.760. The molecule has 0 unspecified atom stereocenters. The van der Waals surface area contributed by atoms with Crippen LogP contribution in [-0.4, -0.2) is 12.9 Å². The molecule has 0 radical (unpaired) electrons. The molecule has 0 fully saturated rings. The summed E-state index contributed by atoms with van der Waals surface area (Å²) in [4.78, 5) is 12.5. The Labute approximate surface area is 120 Å². The van der Waals surface area contributed by atoms with Gasteiger partial charge in [-0.3, -0.25) is 4.79 Å². The van der Waals surface area contributed by atoms with Crippen molar-refractivity contribution >= 4 is 5.78 Å². The lowest BCUT2D eigenvalue weighted by atomic mass is 9.99. The van der Waals surface area contributed by atoms with Crippen LogP contribution in [0, 0.1) is 6.92 Å². The zero-order valence-electron chi connectivity index (χ0n) is 12.3. The highest BCUT2D eigenvalue weighted by Crippen LogP contribution is 2.23. The Morgan fingerprint density at radius 3 is 2.40 bits per heavy atom. The first-order valence-electron chi connectivity index (χ1n) is 6.94. The molecule has 2 aromatic carbocycles. The predicted octanol–water partition coefficient (Wildman–Crippen LogP) is 4.19. The van der Waals surface area contributed by atoms with Crippen LogP contribution in [0.3, 0.4) is 0 Å². The molecule has 0 aliphatic rings. The Bertz CT molecular complexity index is 597. The zero-order valence-corrected chi connectivity index (χ0v) is 12.3. The third-order valence-electron chi connectivity index (χ3n) is 3.36. The van der Waals surface area contributed by atoms with Crippen LogP contribution >= 0.6 is 0 Å². The van der Waals surface area contributed by atoms with Gasteiger partial charge in [-0.1, -0.05) is 43.7 Å². The van der Waals surface area contributed by atoms with Crippen LogP contribution in [0.2, 0.25) is 0 Å². The number of methoxy groups -OCH3 is 1. The van der Waals surface area contributed by atoms with Crippen molar-refractivity contribution in [1.82, 2.24) is 0 Å². The lowest BCUT2D eigenvalue weighted by molar-refractivity contribution is 0.103. The number of hydrogen-bond donors (Lipinski definition) is 0. The minimum Gasteiger partial charge on any atom is -0.496 e. The van der Waals surface area contributed by atoms with Gasteiger partial charge in [0.25, 0.3) is 0 Å². The number of aryl methyl sites for hydroxylation is 2. The molecule has 0 saturated carbocycles. The van der Waals surface area contributed by atoms with E-state index in [1.54, 1.807) is 7.11 Å². The Morgan fingerprint density at radius 2 is 1.80 bits per heavy atom. The molecule has 0 aliphatic carbocycles. The van der Waals surface area contributed by atoms with Gasteiger partial charge in [-0.25, -0.2) is 0 Å². The molecular weight excluding hydrogens is 248 g/mol. The summed E-state index contributed by atoms with van der Waals surface area (Å²) in [5.74, 6) is 0.637. The van der Waals surface area contributed by atoms with Crippen molar-refractivity contribution in [3.05, 3.63) is 64.7 Å². The van der Waals surface area contributed by atoms with Gasteiger partial charge in [0.2, 0.25) is 0 Å². The molecule has 2 nitrogen and oxygen atoms in total. The van der Waals surface area contributed by atoms with E-state index in [0.29, 0.717) is 16.9 Å². The van der Waals surface area contributed by atoms with Crippen LogP contribution in [0.1, 0.15) is 40.4 Å². The topological polar surface area (TPSA) is 26.3 Å². The lowest BCUT2D eigenvalue weighted by Crippen LogP contribution is -2.04. The molecular formula is C18H20O2. The van der Waals surface area contributed by atoms with Crippen LogP contribution in [0.25, 0.3) is 0 Å². The van der Waals surface area contributed by atoms with E-state index in [1.807, 2.05) is 49.4 Å². The Kier molecular flexibility index (Phi) is 4.57. The minimum absolute atomic E-state index is 0.00454. The van der Waals surface area contributed by atoms with E-state index in [9.17, 15) is 4.79 Å². The number of ketones is 1. The van der Waals surface area contributed by atoms with Crippen molar-refractivity contribution in [1.29, 1.82) is 0 Å². The van der Waals surface area contributed by atoms with E-state index >= 15 is 0 Å². The van der Waals surface area contributed by atoms with Crippen molar-refractivity contribution in [2.45, 2.75) is 26.7 Å². The Hall–Kier alpha value is -2.09. The van der Waals surface area contributed by atoms with Gasteiger partial charge < -0.3 is 4.74 Å². The number of benzene rings is 2. The molecule has 0 saturated heterocycles. The van der Waals surface area contributed by atoms with Crippen molar-refractivity contribution in [2.75, 3.05) is 7.11 Å². The number of rotatable bonds is 5. The molecule has 0 spiro atoms. The van der Waals surface area contributed by atoms with E-state index in [2.05, 4.69) is 6.92 Å². The van der Waals surface area contributed by atoms with Gasteiger partial charge in [0.05, 0.1) is 12.7 Å². The van der Waals surface area contributed by atoms with Gasteiger partial charge in [-0.05, 0) is 36.6 Å². The fourth-order valence-electron chi connectivity index (χ4n) is 2.25. The smallest absolute Gasteiger partial charge is 0.196 e.